The van der Waals surface area contributed by atoms with E-state index in [9.17, 15) is 10.5 Å². The van der Waals surface area contributed by atoms with E-state index in [4.69, 9.17) is 14.5 Å². The number of hydrogen-bond donors (Lipinski definition) is 1. The predicted molar refractivity (Wildman–Crippen MR) is 147 cm³/mol. The number of alkyl halides is 1. The molecule has 5 heterocycles. The molecule has 0 atom stereocenters. The van der Waals surface area contributed by atoms with E-state index in [0.29, 0.717) is 57.9 Å². The van der Waals surface area contributed by atoms with Crippen LogP contribution in [0.15, 0.2) is 47.8 Å². The third kappa shape index (κ3) is 5.85. The van der Waals surface area contributed by atoms with E-state index in [2.05, 4.69) is 43.9 Å². The van der Waals surface area contributed by atoms with Crippen molar-refractivity contribution >= 4 is 29.2 Å². The van der Waals surface area contributed by atoms with Crippen molar-refractivity contribution in [1.29, 1.82) is 10.5 Å². The lowest BCUT2D eigenvalue weighted by molar-refractivity contribution is 0.120. The molecule has 3 aromatic heterocycles. The maximum atomic E-state index is 10.2. The number of pyridine rings is 3. The molecule has 0 saturated carbocycles. The number of hydrogen-bond acceptors (Lipinski definition) is 10. The Morgan fingerprint density at radius 1 is 1.08 bits per heavy atom. The molecule has 1 spiro atoms. The summed E-state index contributed by atoms with van der Waals surface area (Å²) in [5, 5.41) is 24.3. The van der Waals surface area contributed by atoms with Crippen LogP contribution in [0.1, 0.15) is 16.8 Å². The highest BCUT2D eigenvalue weighted by atomic mass is 35.5. The van der Waals surface area contributed by atoms with E-state index in [-0.39, 0.29) is 5.41 Å². The standard InChI is InChI=1S/C26H25N7O2S.CH3Cl/c1-34-8-9-35-19-5-6-22(31-12-19)23-20(10-27)24(33-16-26(17-33)14-29-15-26)32-25(21(23)11-28)36-13-18-4-2-3-7-30-18;1-2/h2-7,12,29H,8-9,13-17H2,1H3;1H3. The van der Waals surface area contributed by atoms with Crippen molar-refractivity contribution in [3.63, 3.8) is 0 Å². The Balaban J connectivity index is 0.00000164. The summed E-state index contributed by atoms with van der Waals surface area (Å²) in [5.74, 6) is 1.75. The van der Waals surface area contributed by atoms with Crippen LogP contribution < -0.4 is 15.0 Å². The van der Waals surface area contributed by atoms with Gasteiger partial charge in [-0.25, -0.2) is 4.98 Å². The zero-order valence-electron chi connectivity index (χ0n) is 21.3. The maximum Gasteiger partial charge on any atom is 0.148 e. The van der Waals surface area contributed by atoms with Gasteiger partial charge in [0.2, 0.25) is 0 Å². The van der Waals surface area contributed by atoms with Gasteiger partial charge >= 0.3 is 0 Å². The van der Waals surface area contributed by atoms with Crippen LogP contribution in [0.4, 0.5) is 5.82 Å². The summed E-state index contributed by atoms with van der Waals surface area (Å²) in [6.07, 6.45) is 4.82. The van der Waals surface area contributed by atoms with Gasteiger partial charge in [-0.15, -0.1) is 11.6 Å². The molecule has 38 heavy (non-hydrogen) atoms. The summed E-state index contributed by atoms with van der Waals surface area (Å²) in [7, 11) is 1.61. The van der Waals surface area contributed by atoms with Crippen LogP contribution in [0.2, 0.25) is 0 Å². The molecule has 2 aliphatic rings. The highest BCUT2D eigenvalue weighted by Crippen LogP contribution is 2.43. The number of halogens is 1. The van der Waals surface area contributed by atoms with Crippen molar-refractivity contribution in [3.8, 4) is 29.1 Å². The highest BCUT2D eigenvalue weighted by molar-refractivity contribution is 7.98. The number of nitrogens with zero attached hydrogens (tertiary/aromatic N) is 6. The lowest BCUT2D eigenvalue weighted by Gasteiger charge is -2.56. The molecule has 0 unspecified atom stereocenters. The number of nitrogens with one attached hydrogen (secondary N) is 1. The lowest BCUT2D eigenvalue weighted by atomic mass is 9.74. The van der Waals surface area contributed by atoms with Crippen LogP contribution in [0.3, 0.4) is 0 Å². The average Bonchev–Trinajstić information content (AvgIpc) is 2.92. The van der Waals surface area contributed by atoms with Crippen LogP contribution in [0.25, 0.3) is 11.3 Å². The maximum absolute atomic E-state index is 10.2. The SMILES string of the molecule is CCl.COCCOc1ccc(-c2c(C#N)c(SCc3ccccn3)nc(N3CC4(CNC4)C3)c2C#N)nc1. The van der Waals surface area contributed by atoms with Crippen molar-refractivity contribution in [1.82, 2.24) is 20.3 Å². The second-order valence-corrected chi connectivity index (χ2v) is 9.84. The molecule has 1 N–H and O–H groups in total. The third-order valence-corrected chi connectivity index (χ3v) is 7.36. The molecule has 9 nitrogen and oxygen atoms in total. The van der Waals surface area contributed by atoms with Crippen molar-refractivity contribution < 1.29 is 9.47 Å². The molecular formula is C27H28ClN7O2S. The first kappa shape index (κ1) is 27.6. The first-order valence-electron chi connectivity index (χ1n) is 12.0. The number of thioether (sulfide) groups is 1. The lowest BCUT2D eigenvalue weighted by Crippen LogP contribution is -2.71. The number of rotatable bonds is 9. The molecule has 0 aromatic carbocycles. The molecule has 0 amide bonds. The zero-order chi connectivity index (χ0) is 27.0. The Morgan fingerprint density at radius 3 is 2.45 bits per heavy atom. The largest absolute Gasteiger partial charge is 0.490 e. The minimum Gasteiger partial charge on any atom is -0.490 e. The summed E-state index contributed by atoms with van der Waals surface area (Å²) in [4.78, 5) is 15.9. The predicted octanol–water partition coefficient (Wildman–Crippen LogP) is 3.86. The van der Waals surface area contributed by atoms with Crippen LogP contribution in [0.5, 0.6) is 5.75 Å². The third-order valence-electron chi connectivity index (χ3n) is 6.35. The Kier molecular flexibility index (Phi) is 9.38. The minimum atomic E-state index is 0.253. The fourth-order valence-electron chi connectivity index (χ4n) is 4.45. The number of ether oxygens (including phenoxy) is 2. The Hall–Kier alpha value is -3.41. The van der Waals surface area contributed by atoms with Gasteiger partial charge in [0, 0.05) is 62.6 Å². The second kappa shape index (κ2) is 12.9. The first-order valence-corrected chi connectivity index (χ1v) is 13.7. The molecule has 3 aromatic rings. The van der Waals surface area contributed by atoms with Gasteiger partial charge in [-0.3, -0.25) is 9.97 Å². The number of methoxy groups -OCH3 is 1. The molecule has 2 aliphatic heterocycles. The van der Waals surface area contributed by atoms with Crippen molar-refractivity contribution in [3.05, 3.63) is 59.5 Å². The van der Waals surface area contributed by atoms with Gasteiger partial charge in [0.15, 0.2) is 0 Å². The first-order chi connectivity index (χ1) is 18.7. The van der Waals surface area contributed by atoms with Gasteiger partial charge in [0.1, 0.15) is 40.9 Å². The fraction of sp³-hybridized carbons (Fsp3) is 0.370. The van der Waals surface area contributed by atoms with Crippen molar-refractivity contribution in [2.45, 2.75) is 10.8 Å². The van der Waals surface area contributed by atoms with E-state index in [1.54, 1.807) is 31.6 Å². The van der Waals surface area contributed by atoms with E-state index >= 15 is 0 Å². The van der Waals surface area contributed by atoms with Crippen LogP contribution in [0, 0.1) is 28.1 Å². The van der Waals surface area contributed by atoms with E-state index in [0.717, 1.165) is 31.9 Å². The fourth-order valence-corrected chi connectivity index (χ4v) is 5.35. The van der Waals surface area contributed by atoms with Gasteiger partial charge in [-0.1, -0.05) is 17.8 Å². The normalized spacial score (nSPS) is 14.8. The number of nitriles is 2. The molecule has 2 saturated heterocycles. The quantitative estimate of drug-likeness (QED) is 0.239. The number of anilines is 1. The van der Waals surface area contributed by atoms with Crippen molar-refractivity contribution in [2.75, 3.05) is 57.8 Å². The van der Waals surface area contributed by atoms with Crippen molar-refractivity contribution in [2.24, 2.45) is 5.41 Å². The van der Waals surface area contributed by atoms with Crippen LogP contribution in [-0.4, -0.2) is 67.8 Å². The van der Waals surface area contributed by atoms with Crippen LogP contribution in [-0.2, 0) is 10.5 Å². The molecule has 0 radical (unpaired) electrons. The molecule has 11 heteroatoms. The second-order valence-electron chi connectivity index (χ2n) is 8.88. The average molecular weight is 550 g/mol. The summed E-state index contributed by atoms with van der Waals surface area (Å²) in [6.45, 7) is 4.48. The molecule has 0 aliphatic carbocycles. The smallest absolute Gasteiger partial charge is 0.148 e. The van der Waals surface area contributed by atoms with Gasteiger partial charge < -0.3 is 19.7 Å². The topological polar surface area (TPSA) is 120 Å². The van der Waals surface area contributed by atoms with E-state index in [1.807, 2.05) is 18.2 Å². The highest BCUT2D eigenvalue weighted by Gasteiger charge is 2.49. The zero-order valence-corrected chi connectivity index (χ0v) is 22.8. The molecule has 2 fully saturated rings. The van der Waals surface area contributed by atoms with Gasteiger partial charge in [-0.2, -0.15) is 10.5 Å². The van der Waals surface area contributed by atoms with Gasteiger partial charge in [0.05, 0.1) is 29.8 Å². The molecular weight excluding hydrogens is 522 g/mol. The number of aromatic nitrogens is 3. The summed E-state index contributed by atoms with van der Waals surface area (Å²) in [6, 6.07) is 13.9. The van der Waals surface area contributed by atoms with E-state index in [1.165, 1.54) is 18.1 Å². The summed E-state index contributed by atoms with van der Waals surface area (Å²) < 4.78 is 10.7. The Bertz CT molecular complexity index is 1310. The monoisotopic (exact) mass is 549 g/mol. The molecule has 0 bridgehead atoms. The minimum absolute atomic E-state index is 0.253. The van der Waals surface area contributed by atoms with Crippen LogP contribution >= 0.6 is 23.4 Å². The summed E-state index contributed by atoms with van der Waals surface area (Å²) >= 11 is 6.08. The van der Waals surface area contributed by atoms with Gasteiger partial charge in [0.25, 0.3) is 0 Å². The molecule has 196 valence electrons. The Labute approximate surface area is 231 Å². The summed E-state index contributed by atoms with van der Waals surface area (Å²) in [5.41, 5.74) is 2.90. The van der Waals surface area contributed by atoms with Gasteiger partial charge in [-0.05, 0) is 24.3 Å². The Morgan fingerprint density at radius 2 is 1.87 bits per heavy atom. The van der Waals surface area contributed by atoms with E-state index < -0.39 is 0 Å². The molecule has 5 rings (SSSR count).